The second-order valence-corrected chi connectivity index (χ2v) is 6.77. The van der Waals surface area contributed by atoms with Gasteiger partial charge in [-0.15, -0.1) is 0 Å². The number of ether oxygens (including phenoxy) is 2. The van der Waals surface area contributed by atoms with Crippen LogP contribution < -0.4 is 20.7 Å². The predicted molar refractivity (Wildman–Crippen MR) is 122 cm³/mol. The number of amides is 2. The van der Waals surface area contributed by atoms with E-state index in [9.17, 15) is 9.59 Å². The average Bonchev–Trinajstić information content (AvgIpc) is 3.18. The van der Waals surface area contributed by atoms with Crippen LogP contribution in [0.3, 0.4) is 0 Å². The zero-order chi connectivity index (χ0) is 24.2. The molecule has 11 nitrogen and oxygen atoms in total. The fourth-order valence-electron chi connectivity index (χ4n) is 2.81. The summed E-state index contributed by atoms with van der Waals surface area (Å²) >= 11 is 0. The number of aryl methyl sites for hydroxylation is 1. The Hall–Kier alpha value is -3.96. The fourth-order valence-corrected chi connectivity index (χ4v) is 2.81. The van der Waals surface area contributed by atoms with E-state index in [1.54, 1.807) is 25.1 Å². The van der Waals surface area contributed by atoms with Crippen molar-refractivity contribution < 1.29 is 23.6 Å². The maximum Gasteiger partial charge on any atom is 0.412 e. The zero-order valence-corrected chi connectivity index (χ0v) is 18.0. The molecule has 0 atom stereocenters. The summed E-state index contributed by atoms with van der Waals surface area (Å²) in [6, 6.07) is 6.57. The summed E-state index contributed by atoms with van der Waals surface area (Å²) in [6.45, 7) is 1.66. The van der Waals surface area contributed by atoms with Crippen molar-refractivity contribution in [2.45, 2.75) is 12.2 Å². The van der Waals surface area contributed by atoms with Crippen molar-refractivity contribution in [3.8, 4) is 17.1 Å². The number of carbonyl (C=O) groups is 2. The SMILES string of the molecule is [B]C([B])([B])NC(=O)c1cnc(NC(=O)OC)cc1Nc1cccc(-c2noc(C)n2)c1OC. The molecular formula is C19H17B3N6O5. The van der Waals surface area contributed by atoms with Crippen LogP contribution in [0.1, 0.15) is 16.2 Å². The summed E-state index contributed by atoms with van der Waals surface area (Å²) in [4.78, 5) is 32.5. The number of nitrogens with zero attached hydrogens (tertiary/aromatic N) is 3. The van der Waals surface area contributed by atoms with E-state index in [1.807, 2.05) is 0 Å². The maximum atomic E-state index is 12.7. The lowest BCUT2D eigenvalue weighted by Crippen LogP contribution is -2.50. The smallest absolute Gasteiger partial charge is 0.412 e. The van der Waals surface area contributed by atoms with Gasteiger partial charge in [-0.1, -0.05) is 16.5 Å². The highest BCUT2D eigenvalue weighted by atomic mass is 16.5. The number of hydrogen-bond acceptors (Lipinski definition) is 9. The second kappa shape index (κ2) is 9.68. The molecule has 2 heterocycles. The molecule has 2 amide bonds. The molecule has 3 aromatic rings. The van der Waals surface area contributed by atoms with Crippen molar-refractivity contribution in [1.29, 1.82) is 0 Å². The quantitative estimate of drug-likeness (QED) is 0.461. The lowest BCUT2D eigenvalue weighted by Gasteiger charge is -2.23. The Morgan fingerprint density at radius 1 is 1.15 bits per heavy atom. The van der Waals surface area contributed by atoms with Crippen molar-refractivity contribution in [2.24, 2.45) is 0 Å². The first-order chi connectivity index (χ1) is 15.6. The molecule has 0 saturated carbocycles. The average molecular weight is 442 g/mol. The summed E-state index contributed by atoms with van der Waals surface area (Å²) in [5.74, 6) is 0.448. The normalized spacial score (nSPS) is 10.9. The van der Waals surface area contributed by atoms with Gasteiger partial charge in [-0.3, -0.25) is 10.1 Å². The van der Waals surface area contributed by atoms with E-state index in [4.69, 9.17) is 32.8 Å². The summed E-state index contributed by atoms with van der Waals surface area (Å²) in [5.41, 5.74) is 1.23. The molecule has 0 fully saturated rings. The lowest BCUT2D eigenvalue weighted by molar-refractivity contribution is 0.0953. The second-order valence-electron chi connectivity index (χ2n) is 6.77. The van der Waals surface area contributed by atoms with Gasteiger partial charge in [0.05, 0.1) is 60.3 Å². The first-order valence-corrected chi connectivity index (χ1v) is 9.40. The largest absolute Gasteiger partial charge is 0.494 e. The van der Waals surface area contributed by atoms with Gasteiger partial charge in [-0.2, -0.15) is 4.98 Å². The Morgan fingerprint density at radius 3 is 2.52 bits per heavy atom. The zero-order valence-electron chi connectivity index (χ0n) is 18.0. The van der Waals surface area contributed by atoms with Crippen molar-refractivity contribution in [3.05, 3.63) is 41.9 Å². The molecule has 0 aliphatic carbocycles. The third kappa shape index (κ3) is 5.85. The molecule has 0 spiro atoms. The fraction of sp³-hybridized carbons (Fsp3) is 0.211. The van der Waals surface area contributed by atoms with E-state index in [2.05, 4.69) is 35.8 Å². The number of nitrogens with one attached hydrogen (secondary N) is 3. The number of benzene rings is 1. The highest BCUT2D eigenvalue weighted by Crippen LogP contribution is 2.37. The van der Waals surface area contributed by atoms with Crippen LogP contribution in [0.5, 0.6) is 5.75 Å². The van der Waals surface area contributed by atoms with Gasteiger partial charge in [0.2, 0.25) is 11.7 Å². The van der Waals surface area contributed by atoms with E-state index < -0.39 is 17.2 Å². The van der Waals surface area contributed by atoms with Gasteiger partial charge in [0.15, 0.2) is 5.75 Å². The van der Waals surface area contributed by atoms with Gasteiger partial charge in [-0.25, -0.2) is 9.78 Å². The van der Waals surface area contributed by atoms with Gasteiger partial charge in [0.25, 0.3) is 5.91 Å². The molecule has 0 aliphatic rings. The van der Waals surface area contributed by atoms with Gasteiger partial charge >= 0.3 is 6.09 Å². The minimum atomic E-state index is -1.97. The number of aromatic nitrogens is 3. The molecular weight excluding hydrogens is 425 g/mol. The number of rotatable bonds is 7. The minimum Gasteiger partial charge on any atom is -0.494 e. The van der Waals surface area contributed by atoms with Crippen molar-refractivity contribution in [3.63, 3.8) is 0 Å². The van der Waals surface area contributed by atoms with Crippen molar-refractivity contribution in [1.82, 2.24) is 20.4 Å². The molecule has 0 aliphatic heterocycles. The summed E-state index contributed by atoms with van der Waals surface area (Å²) in [7, 11) is 19.1. The van der Waals surface area contributed by atoms with E-state index in [0.29, 0.717) is 28.7 Å². The Morgan fingerprint density at radius 2 is 1.91 bits per heavy atom. The van der Waals surface area contributed by atoms with Crippen LogP contribution in [0.15, 0.2) is 35.0 Å². The minimum absolute atomic E-state index is 0.0269. The van der Waals surface area contributed by atoms with Gasteiger partial charge in [-0.05, 0) is 12.1 Å². The lowest BCUT2D eigenvalue weighted by atomic mass is 9.49. The highest BCUT2D eigenvalue weighted by Gasteiger charge is 2.21. The molecule has 0 bridgehead atoms. The third-order valence-electron chi connectivity index (χ3n) is 4.15. The number of pyridine rings is 1. The van der Waals surface area contributed by atoms with Gasteiger partial charge < -0.3 is 24.6 Å². The summed E-state index contributed by atoms with van der Waals surface area (Å²) in [5, 5.41) is 9.69. The van der Waals surface area contributed by atoms with Crippen LogP contribution >= 0.6 is 0 Å². The Balaban J connectivity index is 2.06. The molecule has 0 saturated heterocycles. The molecule has 3 N–H and O–H groups in total. The highest BCUT2D eigenvalue weighted by molar-refractivity contribution is 6.60. The number of para-hydroxylation sites is 1. The van der Waals surface area contributed by atoms with E-state index in [-0.39, 0.29) is 17.1 Å². The topological polar surface area (TPSA) is 140 Å². The Kier molecular flexibility index (Phi) is 6.95. The van der Waals surface area contributed by atoms with E-state index in [1.165, 1.54) is 26.5 Å². The predicted octanol–water partition coefficient (Wildman–Crippen LogP) is 1.22. The number of methoxy groups -OCH3 is 2. The molecule has 0 unspecified atom stereocenters. The number of anilines is 3. The standard InChI is InChI=1S/C19H17B3N6O5/c1-9-24-16(28-33-9)10-5-4-6-12(15(10)31-2)25-13-7-14(26-18(30)32-3)23-8-11(13)17(29)27-19(20,21)22/h4-8H,1-3H3,(H,27,29)(H2,23,25,26,30). The first-order valence-electron chi connectivity index (χ1n) is 9.40. The van der Waals surface area contributed by atoms with E-state index >= 15 is 0 Å². The molecule has 1 aromatic carbocycles. The van der Waals surface area contributed by atoms with Crippen LogP contribution in [-0.4, -0.2) is 70.1 Å². The van der Waals surface area contributed by atoms with Crippen molar-refractivity contribution in [2.75, 3.05) is 24.9 Å². The summed E-state index contributed by atoms with van der Waals surface area (Å²) in [6.07, 6.45) is 0.454. The molecule has 14 heteroatoms. The number of hydrogen-bond donors (Lipinski definition) is 3. The first kappa shape index (κ1) is 23.7. The molecule has 2 aromatic heterocycles. The van der Waals surface area contributed by atoms with Crippen LogP contribution in [-0.2, 0) is 4.74 Å². The number of carbonyl (C=O) groups excluding carboxylic acids is 2. The molecule has 3 rings (SSSR count). The monoisotopic (exact) mass is 442 g/mol. The van der Waals surface area contributed by atoms with Gasteiger partial charge in [0.1, 0.15) is 5.82 Å². The Labute approximate surface area is 193 Å². The molecule has 162 valence electrons. The van der Waals surface area contributed by atoms with Crippen LogP contribution in [0.25, 0.3) is 11.4 Å². The van der Waals surface area contributed by atoms with Gasteiger partial charge in [0, 0.05) is 19.2 Å². The van der Waals surface area contributed by atoms with Crippen molar-refractivity contribution >= 4 is 52.7 Å². The molecule has 6 radical (unpaired) electrons. The van der Waals surface area contributed by atoms with Crippen LogP contribution in [0.4, 0.5) is 22.0 Å². The van der Waals surface area contributed by atoms with Crippen LogP contribution in [0.2, 0.25) is 0 Å². The van der Waals surface area contributed by atoms with Crippen LogP contribution in [0, 0.1) is 6.92 Å². The molecule has 33 heavy (non-hydrogen) atoms. The van der Waals surface area contributed by atoms with E-state index in [0.717, 1.165) is 0 Å². The Bertz CT molecular complexity index is 1180. The summed E-state index contributed by atoms with van der Waals surface area (Å²) < 4.78 is 15.2. The third-order valence-corrected chi connectivity index (χ3v) is 4.15. The maximum absolute atomic E-state index is 12.7.